The molecular weight excluding hydrogens is 560 g/mol. The number of aromatic nitrogens is 6. The summed E-state index contributed by atoms with van der Waals surface area (Å²) in [6, 6.07) is 0. The van der Waals surface area contributed by atoms with E-state index >= 15 is 0 Å². The molecule has 4 rings (SSSR count). The molecule has 0 bridgehead atoms. The van der Waals surface area contributed by atoms with Crippen LogP contribution in [-0.2, 0) is 25.8 Å². The molecule has 8 N–H and O–H groups in total. The summed E-state index contributed by atoms with van der Waals surface area (Å²) in [5.74, 6) is -2.84. The Morgan fingerprint density at radius 2 is 2.16 bits per heavy atom. The summed E-state index contributed by atoms with van der Waals surface area (Å²) < 4.78 is 5.35. The number of nitrogens with two attached hydrogens (primary N) is 3. The van der Waals surface area contributed by atoms with Crippen molar-refractivity contribution in [3.8, 4) is 0 Å². The van der Waals surface area contributed by atoms with Crippen molar-refractivity contribution in [1.29, 1.82) is 0 Å². The molecule has 20 heteroatoms. The molecule has 202 valence electrons. The lowest BCUT2D eigenvalue weighted by molar-refractivity contribution is -0.153. The van der Waals surface area contributed by atoms with Crippen molar-refractivity contribution in [2.24, 2.45) is 16.6 Å². The number of carbonyl (C=O) groups excluding carboxylic acids is 2. The molecule has 2 amide bonds. The molecule has 38 heavy (non-hydrogen) atoms. The first-order chi connectivity index (χ1) is 18.3. The Kier molecular flexibility index (Phi) is 8.26. The largest absolute Gasteiger partial charge is 0.477 e. The quantitative estimate of drug-likeness (QED) is 0.0565. The van der Waals surface area contributed by atoms with Crippen molar-refractivity contribution in [3.63, 3.8) is 0 Å². The molecule has 0 aromatic carbocycles. The van der Waals surface area contributed by atoms with Gasteiger partial charge in [-0.25, -0.2) is 9.48 Å². The number of anilines is 1. The van der Waals surface area contributed by atoms with Gasteiger partial charge in [0.05, 0.1) is 6.54 Å². The van der Waals surface area contributed by atoms with E-state index in [0.29, 0.717) is 13.0 Å². The molecule has 2 aliphatic heterocycles. The number of oxime groups is 1. The number of β-lactam (4-membered cyclic amide) rings is 1. The van der Waals surface area contributed by atoms with Crippen LogP contribution in [0.5, 0.6) is 0 Å². The molecular formula is C18H22N12O5S3. The number of amides is 2. The van der Waals surface area contributed by atoms with Gasteiger partial charge in [0.2, 0.25) is 11.5 Å². The van der Waals surface area contributed by atoms with Crippen molar-refractivity contribution < 1.29 is 24.3 Å². The molecule has 0 aliphatic carbocycles. The van der Waals surface area contributed by atoms with E-state index in [1.807, 2.05) is 0 Å². The Labute approximate surface area is 228 Å². The highest BCUT2D eigenvalue weighted by Gasteiger charge is 2.65. The Hall–Kier alpha value is -3.59. The van der Waals surface area contributed by atoms with Crippen LogP contribution in [0.15, 0.2) is 10.9 Å². The molecule has 0 spiro atoms. The lowest BCUT2D eigenvalue weighted by Crippen LogP contribution is -2.80. The second-order valence-corrected chi connectivity index (χ2v) is 9.89. The molecule has 2 atom stereocenters. The summed E-state index contributed by atoms with van der Waals surface area (Å²) in [5.41, 5.74) is 14.5. The predicted octanol–water partition coefficient (Wildman–Crippen LogP) is -2.60. The van der Waals surface area contributed by atoms with Gasteiger partial charge in [-0.15, -0.1) is 16.9 Å². The number of carboxylic acids is 1. The number of nitrogen functional groups attached to an aromatic ring is 1. The number of carboxylic acid groups (broad SMARTS) is 1. The van der Waals surface area contributed by atoms with E-state index in [0.717, 1.165) is 21.8 Å². The monoisotopic (exact) mass is 582 g/mol. The van der Waals surface area contributed by atoms with Gasteiger partial charge >= 0.3 is 5.97 Å². The van der Waals surface area contributed by atoms with E-state index < -0.39 is 28.7 Å². The first-order valence-corrected chi connectivity index (χ1v) is 13.2. The van der Waals surface area contributed by atoms with E-state index in [4.69, 9.17) is 34.3 Å². The number of aliphatic carboxylic acids is 1. The third-order valence-electron chi connectivity index (χ3n) is 5.42. The standard InChI is InChI=1S/C18H22N12O5S3/c19-2-1-5-35-25-9(11-22-17(21)38-26-11)13(31)23-18(7-36)15(34)30-10(14(32)33)8(6-37-16(18)30)12-24-27-28-29(12)4-3-20/h7,16H,1-6,19-20H2,(H,23,31)(H,32,33)(H2,21,22,26)/t16-,18?/m0/s1. The second-order valence-electron chi connectivity index (χ2n) is 7.80. The smallest absolute Gasteiger partial charge is 0.353 e. The summed E-state index contributed by atoms with van der Waals surface area (Å²) >= 11 is 7.17. The molecule has 1 fully saturated rings. The van der Waals surface area contributed by atoms with Crippen LogP contribution in [0.4, 0.5) is 5.13 Å². The number of rotatable bonds is 12. The first kappa shape index (κ1) is 27.4. The molecule has 0 radical (unpaired) electrons. The number of carbonyl (C=O) groups is 3. The Bertz CT molecular complexity index is 1330. The maximum Gasteiger partial charge on any atom is 0.353 e. The van der Waals surface area contributed by atoms with Crippen LogP contribution in [-0.4, -0.2) is 105 Å². The van der Waals surface area contributed by atoms with Crippen molar-refractivity contribution in [1.82, 2.24) is 39.8 Å². The van der Waals surface area contributed by atoms with Crippen LogP contribution in [0.1, 0.15) is 18.1 Å². The van der Waals surface area contributed by atoms with Crippen LogP contribution >= 0.6 is 35.5 Å². The van der Waals surface area contributed by atoms with Gasteiger partial charge in [0.15, 0.2) is 16.5 Å². The van der Waals surface area contributed by atoms with E-state index in [1.54, 1.807) is 0 Å². The minimum Gasteiger partial charge on any atom is -0.477 e. The molecule has 2 aromatic rings. The highest BCUT2D eigenvalue weighted by molar-refractivity contribution is 8.00. The van der Waals surface area contributed by atoms with Gasteiger partial charge in [-0.05, 0) is 23.4 Å². The van der Waals surface area contributed by atoms with E-state index in [-0.39, 0.29) is 59.2 Å². The number of thioether (sulfide) groups is 1. The van der Waals surface area contributed by atoms with Crippen LogP contribution in [0.2, 0.25) is 0 Å². The summed E-state index contributed by atoms with van der Waals surface area (Å²) in [5, 5.41) is 28.1. The normalized spacial score (nSPS) is 21.1. The third kappa shape index (κ3) is 4.82. The SMILES string of the molecule is NCCCON=C(C(=O)NC1(C=S)C(=O)N2C(C(=O)O)=C(c3nnnn3CCN)CS[C@H]21)c1nsc(N)n1. The molecule has 4 heterocycles. The zero-order chi connectivity index (χ0) is 27.4. The van der Waals surface area contributed by atoms with E-state index in [2.05, 4.69) is 35.4 Å². The fraction of sp³-hybridized carbons (Fsp3) is 0.444. The number of fused-ring (bicyclic) bond motifs is 1. The maximum atomic E-state index is 13.5. The van der Waals surface area contributed by atoms with Gasteiger partial charge in [0, 0.05) is 34.8 Å². The number of nitrogens with one attached hydrogen (secondary N) is 1. The van der Waals surface area contributed by atoms with E-state index in [9.17, 15) is 19.5 Å². The predicted molar refractivity (Wildman–Crippen MR) is 140 cm³/mol. The van der Waals surface area contributed by atoms with Gasteiger partial charge < -0.3 is 32.5 Å². The van der Waals surface area contributed by atoms with Gasteiger partial charge in [-0.2, -0.15) is 9.36 Å². The fourth-order valence-corrected chi connectivity index (χ4v) is 5.96. The highest BCUT2D eigenvalue weighted by Crippen LogP contribution is 2.47. The summed E-state index contributed by atoms with van der Waals surface area (Å²) in [7, 11) is 0. The number of hydrogen-bond donors (Lipinski definition) is 5. The fourth-order valence-electron chi connectivity index (χ4n) is 3.72. The zero-order valence-corrected chi connectivity index (χ0v) is 22.0. The van der Waals surface area contributed by atoms with Crippen molar-refractivity contribution in [2.75, 3.05) is 31.2 Å². The topological polar surface area (TPSA) is 256 Å². The zero-order valence-electron chi connectivity index (χ0n) is 19.5. The summed E-state index contributed by atoms with van der Waals surface area (Å²) in [6.07, 6.45) is 0.474. The second kappa shape index (κ2) is 11.4. The molecule has 17 nitrogen and oxygen atoms in total. The van der Waals surface area contributed by atoms with Crippen molar-refractivity contribution in [3.05, 3.63) is 17.3 Å². The average molecular weight is 583 g/mol. The number of hydrogen-bond acceptors (Lipinski definition) is 16. The van der Waals surface area contributed by atoms with Crippen LogP contribution in [0.3, 0.4) is 0 Å². The lowest BCUT2D eigenvalue weighted by atomic mass is 9.87. The average Bonchev–Trinajstić information content (AvgIpc) is 3.55. The molecule has 1 saturated heterocycles. The van der Waals surface area contributed by atoms with Crippen molar-refractivity contribution in [2.45, 2.75) is 23.9 Å². The molecule has 2 aromatic heterocycles. The van der Waals surface area contributed by atoms with E-state index in [1.165, 1.54) is 16.4 Å². The third-order valence-corrected chi connectivity index (χ3v) is 7.69. The maximum absolute atomic E-state index is 13.5. The Morgan fingerprint density at radius 1 is 1.37 bits per heavy atom. The molecule has 2 aliphatic rings. The Balaban J connectivity index is 1.65. The summed E-state index contributed by atoms with van der Waals surface area (Å²) in [6.45, 7) is 0.919. The number of tetrazole rings is 1. The lowest BCUT2D eigenvalue weighted by Gasteiger charge is -2.55. The van der Waals surface area contributed by atoms with Gasteiger partial charge in [-0.3, -0.25) is 14.5 Å². The first-order valence-electron chi connectivity index (χ1n) is 11.0. The summed E-state index contributed by atoms with van der Waals surface area (Å²) in [4.78, 5) is 49.3. The Morgan fingerprint density at radius 3 is 2.79 bits per heavy atom. The van der Waals surface area contributed by atoms with Crippen LogP contribution < -0.4 is 22.5 Å². The van der Waals surface area contributed by atoms with Gasteiger partial charge in [-0.1, -0.05) is 17.4 Å². The van der Waals surface area contributed by atoms with Gasteiger partial charge in [0.1, 0.15) is 17.7 Å². The molecule has 0 saturated carbocycles. The minimum absolute atomic E-state index is 0.0847. The van der Waals surface area contributed by atoms with Gasteiger partial charge in [0.25, 0.3) is 11.8 Å². The number of nitrogens with zero attached hydrogens (tertiary/aromatic N) is 8. The van der Waals surface area contributed by atoms with Crippen molar-refractivity contribution >= 4 is 75.1 Å². The number of thiocarbonyl (C=S) groups is 1. The highest BCUT2D eigenvalue weighted by atomic mass is 32.2. The van der Waals surface area contributed by atoms with Crippen LogP contribution in [0, 0.1) is 0 Å². The van der Waals surface area contributed by atoms with Crippen LogP contribution in [0.25, 0.3) is 5.57 Å². The minimum atomic E-state index is -1.73. The molecule has 1 unspecified atom stereocenters.